The summed E-state index contributed by atoms with van der Waals surface area (Å²) >= 11 is 0. The van der Waals surface area contributed by atoms with Crippen LogP contribution in [-0.2, 0) is 12.6 Å². The van der Waals surface area contributed by atoms with Gasteiger partial charge in [-0.15, -0.1) is 0 Å². The number of nitrogens with zero attached hydrogens (tertiary/aromatic N) is 2. The number of benzene rings is 2. The Hall–Kier alpha value is -3.47. The third-order valence-electron chi connectivity index (χ3n) is 4.38. The van der Waals surface area contributed by atoms with Crippen molar-refractivity contribution in [3.63, 3.8) is 0 Å². The minimum absolute atomic E-state index is 0.0445. The van der Waals surface area contributed by atoms with Crippen LogP contribution >= 0.6 is 0 Å². The van der Waals surface area contributed by atoms with Gasteiger partial charge in [-0.1, -0.05) is 24.0 Å². The average molecular weight is 445 g/mol. The molecule has 0 aliphatic heterocycles. The fraction of sp³-hybridized carbons (Fsp3) is 0.333. The summed E-state index contributed by atoms with van der Waals surface area (Å²) in [5, 5.41) is 6.20. The first-order valence-electron chi connectivity index (χ1n) is 10.2. The first-order valence-corrected chi connectivity index (χ1v) is 10.2. The van der Waals surface area contributed by atoms with Crippen LogP contribution in [0.15, 0.2) is 53.5 Å². The third-order valence-corrected chi connectivity index (χ3v) is 4.38. The van der Waals surface area contributed by atoms with Crippen molar-refractivity contribution in [1.82, 2.24) is 15.5 Å². The molecule has 8 heteroatoms. The highest BCUT2D eigenvalue weighted by Crippen LogP contribution is 2.28. The van der Waals surface area contributed by atoms with Gasteiger partial charge in [0.1, 0.15) is 0 Å². The number of hydrogen-bond acceptors (Lipinski definition) is 2. The van der Waals surface area contributed by atoms with Crippen molar-refractivity contribution in [2.24, 2.45) is 4.99 Å². The first-order chi connectivity index (χ1) is 15.2. The van der Waals surface area contributed by atoms with E-state index >= 15 is 0 Å². The van der Waals surface area contributed by atoms with E-state index in [0.29, 0.717) is 43.1 Å². The molecular formula is C24H27F3N4O. The van der Waals surface area contributed by atoms with Gasteiger partial charge >= 0.3 is 6.18 Å². The topological polar surface area (TPSA) is 56.7 Å². The second-order valence-electron chi connectivity index (χ2n) is 7.14. The van der Waals surface area contributed by atoms with Gasteiger partial charge in [0.2, 0.25) is 0 Å². The number of aliphatic imine (C=N–C) groups is 1. The van der Waals surface area contributed by atoms with E-state index in [9.17, 15) is 18.0 Å². The number of halogens is 3. The van der Waals surface area contributed by atoms with Crippen LogP contribution in [-0.4, -0.2) is 50.5 Å². The largest absolute Gasteiger partial charge is 0.416 e. The van der Waals surface area contributed by atoms with Crippen molar-refractivity contribution in [1.29, 1.82) is 0 Å². The summed E-state index contributed by atoms with van der Waals surface area (Å²) in [4.78, 5) is 18.1. The highest BCUT2D eigenvalue weighted by Gasteiger charge is 2.29. The van der Waals surface area contributed by atoms with Crippen LogP contribution in [0.2, 0.25) is 0 Å². The molecule has 0 fully saturated rings. The molecule has 0 aliphatic carbocycles. The van der Waals surface area contributed by atoms with Gasteiger partial charge in [0, 0.05) is 38.3 Å². The Morgan fingerprint density at radius 2 is 1.81 bits per heavy atom. The number of alkyl halides is 3. The number of amides is 1. The molecule has 0 atom stereocenters. The number of rotatable bonds is 6. The molecule has 0 saturated heterocycles. The third kappa shape index (κ3) is 7.99. The fourth-order valence-corrected chi connectivity index (χ4v) is 2.77. The summed E-state index contributed by atoms with van der Waals surface area (Å²) < 4.78 is 37.8. The van der Waals surface area contributed by atoms with E-state index in [1.165, 1.54) is 17.0 Å². The Morgan fingerprint density at radius 3 is 2.44 bits per heavy atom. The van der Waals surface area contributed by atoms with Crippen LogP contribution in [0.4, 0.5) is 13.2 Å². The molecule has 2 aromatic carbocycles. The van der Waals surface area contributed by atoms with Gasteiger partial charge in [-0.3, -0.25) is 9.79 Å². The molecule has 32 heavy (non-hydrogen) atoms. The number of carbonyl (C=O) groups is 1. The molecule has 5 nitrogen and oxygen atoms in total. The number of hydrogen-bond donors (Lipinski definition) is 2. The Bertz CT molecular complexity index is 987. The van der Waals surface area contributed by atoms with E-state index in [0.717, 1.165) is 17.7 Å². The van der Waals surface area contributed by atoms with Crippen LogP contribution in [0.1, 0.15) is 34.0 Å². The van der Waals surface area contributed by atoms with E-state index in [2.05, 4.69) is 27.5 Å². The normalized spacial score (nSPS) is 11.4. The minimum Gasteiger partial charge on any atom is -0.357 e. The van der Waals surface area contributed by atoms with E-state index in [-0.39, 0.29) is 5.91 Å². The van der Waals surface area contributed by atoms with E-state index in [1.54, 1.807) is 20.2 Å². The fourth-order valence-electron chi connectivity index (χ4n) is 2.77. The lowest BCUT2D eigenvalue weighted by Gasteiger charge is -2.11. The van der Waals surface area contributed by atoms with Crippen LogP contribution in [0.5, 0.6) is 0 Å². The number of guanidine groups is 1. The number of carbonyl (C=O) groups excluding carboxylic acids is 1. The van der Waals surface area contributed by atoms with Gasteiger partial charge < -0.3 is 15.5 Å². The summed E-state index contributed by atoms with van der Waals surface area (Å²) in [6, 6.07) is 12.2. The molecule has 170 valence electrons. The molecule has 0 heterocycles. The molecule has 0 unspecified atom stereocenters. The van der Waals surface area contributed by atoms with E-state index in [1.807, 2.05) is 25.1 Å². The standard InChI is InChI=1S/C24H27F3N4O/c1-4-28-23(29-15-6-8-18-10-12-21(13-11-18)24(25,26)27)30-16-14-19-7-5-9-20(17-19)22(32)31(2)3/h5,7,9-13,17H,4,14-16H2,1-3H3,(H2,28,29,30). The van der Waals surface area contributed by atoms with E-state index < -0.39 is 11.7 Å². The molecule has 0 aliphatic rings. The van der Waals surface area contributed by atoms with Gasteiger partial charge in [-0.05, 0) is 55.3 Å². The summed E-state index contributed by atoms with van der Waals surface area (Å²) in [6.07, 6.45) is -3.68. The summed E-state index contributed by atoms with van der Waals surface area (Å²) in [5.41, 5.74) is 1.47. The summed E-state index contributed by atoms with van der Waals surface area (Å²) in [7, 11) is 3.43. The zero-order valence-corrected chi connectivity index (χ0v) is 18.4. The van der Waals surface area contributed by atoms with E-state index in [4.69, 9.17) is 0 Å². The lowest BCUT2D eigenvalue weighted by Crippen LogP contribution is -2.37. The van der Waals surface area contributed by atoms with Crippen molar-refractivity contribution in [2.45, 2.75) is 19.5 Å². The van der Waals surface area contributed by atoms with Crippen molar-refractivity contribution in [3.05, 3.63) is 70.8 Å². The quantitative estimate of drug-likeness (QED) is 0.407. The van der Waals surface area contributed by atoms with Crippen molar-refractivity contribution >= 4 is 11.9 Å². The maximum absolute atomic E-state index is 12.6. The van der Waals surface area contributed by atoms with Crippen molar-refractivity contribution < 1.29 is 18.0 Å². The Kier molecular flexibility index (Phi) is 9.14. The molecule has 0 spiro atoms. The molecule has 0 bridgehead atoms. The Balaban J connectivity index is 1.91. The Labute approximate surface area is 186 Å². The highest BCUT2D eigenvalue weighted by molar-refractivity contribution is 5.94. The monoisotopic (exact) mass is 444 g/mol. The van der Waals surface area contributed by atoms with Crippen LogP contribution < -0.4 is 10.6 Å². The predicted molar refractivity (Wildman–Crippen MR) is 120 cm³/mol. The van der Waals surface area contributed by atoms with Gasteiger partial charge in [-0.2, -0.15) is 13.2 Å². The maximum Gasteiger partial charge on any atom is 0.416 e. The van der Waals surface area contributed by atoms with Crippen molar-refractivity contribution in [3.8, 4) is 11.8 Å². The van der Waals surface area contributed by atoms with Gasteiger partial charge in [0.05, 0.1) is 12.1 Å². The highest BCUT2D eigenvalue weighted by atomic mass is 19.4. The van der Waals surface area contributed by atoms with Gasteiger partial charge in [0.25, 0.3) is 5.91 Å². The maximum atomic E-state index is 12.6. The molecule has 2 aromatic rings. The minimum atomic E-state index is -4.35. The molecular weight excluding hydrogens is 417 g/mol. The second kappa shape index (κ2) is 11.8. The predicted octanol–water partition coefficient (Wildman–Crippen LogP) is 3.56. The smallest absolute Gasteiger partial charge is 0.357 e. The molecule has 1 amide bonds. The lowest BCUT2D eigenvalue weighted by molar-refractivity contribution is -0.137. The SMILES string of the molecule is CCNC(=NCCc1cccc(C(=O)N(C)C)c1)NCC#Cc1ccc(C(F)(F)F)cc1. The van der Waals surface area contributed by atoms with Crippen LogP contribution in [0.3, 0.4) is 0 Å². The van der Waals surface area contributed by atoms with Crippen LogP contribution in [0, 0.1) is 11.8 Å². The van der Waals surface area contributed by atoms with Gasteiger partial charge in [-0.25, -0.2) is 0 Å². The molecule has 2 N–H and O–H groups in total. The van der Waals surface area contributed by atoms with Crippen LogP contribution in [0.25, 0.3) is 0 Å². The average Bonchev–Trinajstić information content (AvgIpc) is 2.76. The lowest BCUT2D eigenvalue weighted by atomic mass is 10.1. The molecule has 0 radical (unpaired) electrons. The first kappa shape index (κ1) is 24.8. The molecule has 0 saturated carbocycles. The zero-order valence-electron chi connectivity index (χ0n) is 18.4. The molecule has 2 rings (SSSR count). The van der Waals surface area contributed by atoms with Crippen molar-refractivity contribution in [2.75, 3.05) is 33.7 Å². The number of nitrogens with one attached hydrogen (secondary N) is 2. The Morgan fingerprint density at radius 1 is 1.09 bits per heavy atom. The second-order valence-corrected chi connectivity index (χ2v) is 7.14. The zero-order chi connectivity index (χ0) is 23.6. The molecule has 0 aromatic heterocycles. The summed E-state index contributed by atoms with van der Waals surface area (Å²) in [6.45, 7) is 3.42. The van der Waals surface area contributed by atoms with Gasteiger partial charge in [0.15, 0.2) is 5.96 Å². The summed E-state index contributed by atoms with van der Waals surface area (Å²) in [5.74, 6) is 6.26.